The van der Waals surface area contributed by atoms with E-state index < -0.39 is 18.0 Å². The number of rotatable bonds is 7. The van der Waals surface area contributed by atoms with Crippen molar-refractivity contribution in [2.75, 3.05) is 12.4 Å². The maximum absolute atomic E-state index is 12.3. The molecule has 1 amide bonds. The lowest BCUT2D eigenvalue weighted by Gasteiger charge is -2.46. The minimum atomic E-state index is -0.764. The fraction of sp³-hybridized carbons (Fsp3) is 0.562. The van der Waals surface area contributed by atoms with Crippen molar-refractivity contribution >= 4 is 23.6 Å². The van der Waals surface area contributed by atoms with Gasteiger partial charge in [0.1, 0.15) is 12.3 Å². The first-order chi connectivity index (χ1) is 11.0. The summed E-state index contributed by atoms with van der Waals surface area (Å²) >= 11 is 1.40. The minimum Gasteiger partial charge on any atom is -0.457 e. The zero-order chi connectivity index (χ0) is 17.1. The molecule has 0 bridgehead atoms. The number of hydrogen-bond acceptors (Lipinski definition) is 6. The normalized spacial score (nSPS) is 27.1. The number of aliphatic hydroxyl groups is 1. The second kappa shape index (κ2) is 7.20. The first-order valence-corrected chi connectivity index (χ1v) is 8.47. The van der Waals surface area contributed by atoms with Crippen LogP contribution < -0.4 is 0 Å². The van der Waals surface area contributed by atoms with Gasteiger partial charge in [0, 0.05) is 23.0 Å². The van der Waals surface area contributed by atoms with Crippen LogP contribution in [0.2, 0.25) is 0 Å². The van der Waals surface area contributed by atoms with E-state index in [2.05, 4.69) is 12.6 Å². The molecule has 1 saturated heterocycles. The summed E-state index contributed by atoms with van der Waals surface area (Å²) in [6, 6.07) is 1.84. The van der Waals surface area contributed by atoms with Crippen molar-refractivity contribution < 1.29 is 19.4 Å². The summed E-state index contributed by atoms with van der Waals surface area (Å²) < 4.78 is 5.11. The van der Waals surface area contributed by atoms with E-state index in [1.54, 1.807) is 6.92 Å². The third-order valence-electron chi connectivity index (χ3n) is 4.11. The Hall–Kier alpha value is -1.78. The van der Waals surface area contributed by atoms with Gasteiger partial charge in [-0.05, 0) is 6.92 Å². The number of aliphatic hydroxyl groups excluding tert-OH is 1. The SMILES string of the molecule is C=CCOC(=O)C1=C(SCCC#N)[C@H](C)[C@@H]2[C@@H]([C@@H](C)O)C(=O)N12. The lowest BCUT2D eigenvalue weighted by molar-refractivity contribution is -0.164. The molecule has 23 heavy (non-hydrogen) atoms. The van der Waals surface area contributed by atoms with Crippen molar-refractivity contribution in [2.45, 2.75) is 32.4 Å². The lowest BCUT2D eigenvalue weighted by Crippen LogP contribution is -2.63. The zero-order valence-electron chi connectivity index (χ0n) is 13.2. The molecule has 0 aromatic carbocycles. The third kappa shape index (κ3) is 3.01. The van der Waals surface area contributed by atoms with Crippen molar-refractivity contribution in [3.05, 3.63) is 23.3 Å². The first-order valence-electron chi connectivity index (χ1n) is 7.48. The quantitative estimate of drug-likeness (QED) is 0.327. The van der Waals surface area contributed by atoms with Crippen molar-refractivity contribution in [1.82, 2.24) is 4.90 Å². The van der Waals surface area contributed by atoms with Gasteiger partial charge in [-0.25, -0.2) is 4.79 Å². The van der Waals surface area contributed by atoms with Crippen LogP contribution in [0, 0.1) is 23.2 Å². The number of thioether (sulfide) groups is 1. The predicted octanol–water partition coefficient (Wildman–Crippen LogP) is 1.43. The number of nitrogens with zero attached hydrogens (tertiary/aromatic N) is 2. The van der Waals surface area contributed by atoms with Gasteiger partial charge in [0.25, 0.3) is 0 Å². The molecular formula is C16H20N2O4S. The Kier molecular flexibility index (Phi) is 5.50. The summed E-state index contributed by atoms with van der Waals surface area (Å²) in [5.74, 6) is -0.833. The van der Waals surface area contributed by atoms with Crippen LogP contribution in [-0.4, -0.2) is 46.4 Å². The molecule has 0 aromatic rings. The van der Waals surface area contributed by atoms with Crippen LogP contribution in [0.4, 0.5) is 0 Å². The minimum absolute atomic E-state index is 0.0673. The monoisotopic (exact) mass is 336 g/mol. The molecule has 0 aromatic heterocycles. The molecule has 2 heterocycles. The predicted molar refractivity (Wildman–Crippen MR) is 85.8 cm³/mol. The van der Waals surface area contributed by atoms with Crippen molar-refractivity contribution in [3.8, 4) is 6.07 Å². The summed E-state index contributed by atoms with van der Waals surface area (Å²) in [5.41, 5.74) is 0.259. The molecule has 0 unspecified atom stereocenters. The number of fused-ring (bicyclic) bond motifs is 1. The molecule has 4 atom stereocenters. The summed E-state index contributed by atoms with van der Waals surface area (Å²) in [6.07, 6.45) is 1.06. The highest BCUT2D eigenvalue weighted by molar-refractivity contribution is 8.03. The fourth-order valence-electron chi connectivity index (χ4n) is 3.12. The standard InChI is InChI=1S/C16H20N2O4S/c1-4-7-22-16(21)13-14(23-8-5-6-17)9(2)12-11(10(3)19)15(20)18(12)13/h4,9-12,19H,1,5,7-8H2,2-3H3/t9-,10-,11-,12-/m1/s1. The molecule has 6 nitrogen and oxygen atoms in total. The Morgan fingerprint density at radius 2 is 2.35 bits per heavy atom. The van der Waals surface area contributed by atoms with Gasteiger partial charge < -0.3 is 14.7 Å². The van der Waals surface area contributed by atoms with E-state index in [4.69, 9.17) is 10.00 Å². The van der Waals surface area contributed by atoms with Crippen molar-refractivity contribution in [1.29, 1.82) is 5.26 Å². The van der Waals surface area contributed by atoms with Crippen LogP contribution in [0.5, 0.6) is 0 Å². The van der Waals surface area contributed by atoms with Crippen LogP contribution in [0.3, 0.4) is 0 Å². The highest BCUT2D eigenvalue weighted by Crippen LogP contribution is 2.50. The highest BCUT2D eigenvalue weighted by Gasteiger charge is 2.60. The van der Waals surface area contributed by atoms with Gasteiger partial charge >= 0.3 is 5.97 Å². The number of amides is 1. The van der Waals surface area contributed by atoms with E-state index >= 15 is 0 Å². The largest absolute Gasteiger partial charge is 0.457 e. The Labute approximate surface area is 139 Å². The van der Waals surface area contributed by atoms with Gasteiger partial charge in [0.15, 0.2) is 0 Å². The number of ether oxygens (including phenoxy) is 1. The Bertz CT molecular complexity index is 593. The van der Waals surface area contributed by atoms with Crippen LogP contribution in [0.15, 0.2) is 23.3 Å². The fourth-order valence-corrected chi connectivity index (χ4v) is 4.25. The maximum Gasteiger partial charge on any atom is 0.356 e. The second-order valence-electron chi connectivity index (χ2n) is 5.61. The lowest BCUT2D eigenvalue weighted by atomic mass is 9.79. The van der Waals surface area contributed by atoms with E-state index in [1.165, 1.54) is 22.7 Å². The summed E-state index contributed by atoms with van der Waals surface area (Å²) in [4.78, 5) is 26.9. The van der Waals surface area contributed by atoms with Gasteiger partial charge in [-0.2, -0.15) is 5.26 Å². The number of hydrogen-bond donors (Lipinski definition) is 1. The number of β-lactam (4-membered cyclic amide) rings is 1. The molecule has 0 radical (unpaired) electrons. The van der Waals surface area contributed by atoms with Crippen LogP contribution in [-0.2, 0) is 14.3 Å². The molecule has 1 fully saturated rings. The topological polar surface area (TPSA) is 90.6 Å². The van der Waals surface area contributed by atoms with Crippen LogP contribution in [0.25, 0.3) is 0 Å². The van der Waals surface area contributed by atoms with E-state index in [0.29, 0.717) is 12.2 Å². The summed E-state index contributed by atoms with van der Waals surface area (Å²) in [6.45, 7) is 7.09. The molecular weight excluding hydrogens is 316 g/mol. The molecule has 2 aliphatic rings. The highest BCUT2D eigenvalue weighted by atomic mass is 32.2. The molecule has 0 saturated carbocycles. The molecule has 2 aliphatic heterocycles. The molecule has 0 spiro atoms. The van der Waals surface area contributed by atoms with Gasteiger partial charge in [0.05, 0.1) is 24.1 Å². The molecule has 7 heteroatoms. The number of carbonyl (C=O) groups is 2. The van der Waals surface area contributed by atoms with Crippen LogP contribution >= 0.6 is 11.8 Å². The van der Waals surface area contributed by atoms with Crippen LogP contribution in [0.1, 0.15) is 20.3 Å². The first kappa shape index (κ1) is 17.6. The average Bonchev–Trinajstić information content (AvgIpc) is 2.74. The second-order valence-corrected chi connectivity index (χ2v) is 6.75. The summed E-state index contributed by atoms with van der Waals surface area (Å²) in [5, 5.41) is 18.5. The Morgan fingerprint density at radius 1 is 1.65 bits per heavy atom. The smallest absolute Gasteiger partial charge is 0.356 e. The number of esters is 1. The van der Waals surface area contributed by atoms with Gasteiger partial charge in [-0.15, -0.1) is 11.8 Å². The van der Waals surface area contributed by atoms with E-state index in [9.17, 15) is 14.7 Å². The van der Waals surface area contributed by atoms with Gasteiger partial charge in [-0.1, -0.05) is 19.6 Å². The third-order valence-corrected chi connectivity index (χ3v) is 5.39. The summed E-state index contributed by atoms with van der Waals surface area (Å²) in [7, 11) is 0. The Morgan fingerprint density at radius 3 is 2.91 bits per heavy atom. The number of carbonyl (C=O) groups excluding carboxylic acids is 2. The molecule has 1 N–H and O–H groups in total. The van der Waals surface area contributed by atoms with E-state index in [0.717, 1.165) is 4.91 Å². The number of nitriles is 1. The van der Waals surface area contributed by atoms with E-state index in [-0.39, 0.29) is 30.2 Å². The maximum atomic E-state index is 12.3. The molecule has 2 rings (SSSR count). The van der Waals surface area contributed by atoms with Gasteiger partial charge in [-0.3, -0.25) is 4.79 Å². The zero-order valence-corrected chi connectivity index (χ0v) is 14.0. The Balaban J connectivity index is 2.29. The van der Waals surface area contributed by atoms with Gasteiger partial charge in [0.2, 0.25) is 5.91 Å². The van der Waals surface area contributed by atoms with Crippen molar-refractivity contribution in [2.24, 2.45) is 11.8 Å². The molecule has 124 valence electrons. The van der Waals surface area contributed by atoms with E-state index in [1.807, 2.05) is 6.92 Å². The average molecular weight is 336 g/mol. The van der Waals surface area contributed by atoms with Crippen molar-refractivity contribution in [3.63, 3.8) is 0 Å². The molecule has 0 aliphatic carbocycles.